The molecule has 0 amide bonds. The molecule has 0 aromatic carbocycles. The summed E-state index contributed by atoms with van der Waals surface area (Å²) >= 11 is 0. The summed E-state index contributed by atoms with van der Waals surface area (Å²) in [4.78, 5) is 16.2. The average Bonchev–Trinajstić information content (AvgIpc) is 1.69. The highest BCUT2D eigenvalue weighted by Crippen LogP contribution is 1.40. The van der Waals surface area contributed by atoms with E-state index in [9.17, 15) is 0 Å². The number of nitrogens with two attached hydrogens (primary N) is 1. The van der Waals surface area contributed by atoms with Crippen molar-refractivity contribution in [2.75, 3.05) is 6.54 Å². The summed E-state index contributed by atoms with van der Waals surface area (Å²) in [6.45, 7) is 3.94. The van der Waals surface area contributed by atoms with Crippen molar-refractivity contribution in [2.45, 2.75) is 0 Å². The molecule has 0 saturated carbocycles. The Morgan fingerprint density at radius 3 is 1.86 bits per heavy atom. The lowest BCUT2D eigenvalue weighted by atomic mass is 10.7. The zero-order valence-corrected chi connectivity index (χ0v) is 3.89. The third-order valence-corrected chi connectivity index (χ3v) is 0.167. The molecular formula is C4H7NO2. The van der Waals surface area contributed by atoms with Crippen molar-refractivity contribution in [2.24, 2.45) is 5.73 Å². The van der Waals surface area contributed by atoms with Gasteiger partial charge in [0, 0.05) is 6.54 Å². The maximum Gasteiger partial charge on any atom is 0.373 e. The molecular weight excluding hydrogens is 94.0 g/mol. The van der Waals surface area contributed by atoms with Gasteiger partial charge in [0.25, 0.3) is 0 Å². The lowest BCUT2D eigenvalue weighted by Crippen LogP contribution is -1.90. The highest BCUT2D eigenvalue weighted by Gasteiger charge is 1.43. The molecule has 0 unspecified atom stereocenters. The average molecular weight is 101 g/mol. The van der Waals surface area contributed by atoms with Gasteiger partial charge in [0.05, 0.1) is 0 Å². The summed E-state index contributed by atoms with van der Waals surface area (Å²) in [5, 5.41) is 0. The van der Waals surface area contributed by atoms with Gasteiger partial charge in [-0.15, -0.1) is 6.58 Å². The van der Waals surface area contributed by atoms with Crippen LogP contribution in [0.3, 0.4) is 0 Å². The van der Waals surface area contributed by atoms with Crippen molar-refractivity contribution in [1.82, 2.24) is 0 Å². The Kier molecular flexibility index (Phi) is 26.3. The standard InChI is InChI=1S/C3H7N.CO2/c1-2-3-4;2-1-3/h2H,1,3-4H2;. The SMILES string of the molecule is C=CCN.O=C=O. The molecule has 0 heterocycles. The molecule has 0 aromatic rings. The molecule has 0 rings (SSSR count). The van der Waals surface area contributed by atoms with Gasteiger partial charge in [0.2, 0.25) is 0 Å². The monoisotopic (exact) mass is 101 g/mol. The van der Waals surface area contributed by atoms with E-state index in [0.717, 1.165) is 0 Å². The van der Waals surface area contributed by atoms with Crippen LogP contribution in [0.2, 0.25) is 0 Å². The van der Waals surface area contributed by atoms with Crippen LogP contribution in [0.25, 0.3) is 0 Å². The van der Waals surface area contributed by atoms with E-state index in [2.05, 4.69) is 6.58 Å². The molecule has 2 N–H and O–H groups in total. The minimum absolute atomic E-state index is 0.250. The smallest absolute Gasteiger partial charge is 0.327 e. The third kappa shape index (κ3) is 7530. The van der Waals surface area contributed by atoms with Crippen molar-refractivity contribution in [3.8, 4) is 0 Å². The molecule has 0 spiro atoms. The Balaban J connectivity index is 0. The van der Waals surface area contributed by atoms with Crippen molar-refractivity contribution in [3.63, 3.8) is 0 Å². The van der Waals surface area contributed by atoms with Crippen LogP contribution in [0.1, 0.15) is 0 Å². The summed E-state index contributed by atoms with van der Waals surface area (Å²) in [6, 6.07) is 0. The zero-order valence-electron chi connectivity index (χ0n) is 3.89. The van der Waals surface area contributed by atoms with Gasteiger partial charge in [-0.25, -0.2) is 0 Å². The van der Waals surface area contributed by atoms with Gasteiger partial charge < -0.3 is 5.73 Å². The summed E-state index contributed by atoms with van der Waals surface area (Å²) in [5.74, 6) is 0. The van der Waals surface area contributed by atoms with Crippen molar-refractivity contribution < 1.29 is 9.59 Å². The van der Waals surface area contributed by atoms with Gasteiger partial charge in [-0.2, -0.15) is 9.59 Å². The molecule has 0 aliphatic heterocycles. The van der Waals surface area contributed by atoms with Crippen LogP contribution >= 0.6 is 0 Å². The minimum Gasteiger partial charge on any atom is -0.327 e. The fraction of sp³-hybridized carbons (Fsp3) is 0.250. The lowest BCUT2D eigenvalue weighted by molar-refractivity contribution is -0.191. The molecule has 0 saturated heterocycles. The number of hydrogen-bond acceptors (Lipinski definition) is 3. The maximum absolute atomic E-state index is 8.12. The third-order valence-electron chi connectivity index (χ3n) is 0.167. The first-order valence-corrected chi connectivity index (χ1v) is 1.63. The van der Waals surface area contributed by atoms with E-state index in [1.54, 1.807) is 6.08 Å². The molecule has 0 fully saturated rings. The fourth-order valence-corrected chi connectivity index (χ4v) is 0. The van der Waals surface area contributed by atoms with Gasteiger partial charge in [-0.3, -0.25) is 0 Å². The molecule has 3 nitrogen and oxygen atoms in total. The minimum atomic E-state index is 0.250. The Morgan fingerprint density at radius 2 is 1.86 bits per heavy atom. The highest BCUT2D eigenvalue weighted by molar-refractivity contribution is 5.20. The Labute approximate surface area is 41.8 Å². The van der Waals surface area contributed by atoms with E-state index in [4.69, 9.17) is 15.3 Å². The predicted octanol–water partition coefficient (Wildman–Crippen LogP) is -0.452. The van der Waals surface area contributed by atoms with Crippen molar-refractivity contribution in [3.05, 3.63) is 12.7 Å². The van der Waals surface area contributed by atoms with Gasteiger partial charge in [0.1, 0.15) is 0 Å². The van der Waals surface area contributed by atoms with Crippen LogP contribution in [-0.4, -0.2) is 12.7 Å². The molecule has 0 aromatic heterocycles. The van der Waals surface area contributed by atoms with Crippen LogP contribution < -0.4 is 5.73 Å². The first-order valence-electron chi connectivity index (χ1n) is 1.63. The maximum atomic E-state index is 8.12. The highest BCUT2D eigenvalue weighted by atomic mass is 16.2. The zero-order chi connectivity index (χ0) is 6.12. The lowest BCUT2D eigenvalue weighted by Gasteiger charge is -1.61. The topological polar surface area (TPSA) is 60.2 Å². The van der Waals surface area contributed by atoms with Crippen molar-refractivity contribution >= 4 is 6.15 Å². The predicted molar refractivity (Wildman–Crippen MR) is 24.3 cm³/mol. The fourth-order valence-electron chi connectivity index (χ4n) is 0. The van der Waals surface area contributed by atoms with Crippen LogP contribution in [0, 0.1) is 0 Å². The second-order valence-electron chi connectivity index (χ2n) is 0.608. The number of carbonyl (C=O) groups excluding carboxylic acids is 2. The van der Waals surface area contributed by atoms with Crippen LogP contribution in [-0.2, 0) is 9.59 Å². The number of hydrogen-bond donors (Lipinski definition) is 1. The van der Waals surface area contributed by atoms with E-state index in [0.29, 0.717) is 6.54 Å². The van der Waals surface area contributed by atoms with E-state index < -0.39 is 0 Å². The van der Waals surface area contributed by atoms with Crippen LogP contribution in [0.15, 0.2) is 12.7 Å². The molecule has 7 heavy (non-hydrogen) atoms. The number of rotatable bonds is 1. The molecule has 0 aliphatic carbocycles. The van der Waals surface area contributed by atoms with E-state index in [-0.39, 0.29) is 6.15 Å². The van der Waals surface area contributed by atoms with Gasteiger partial charge in [-0.05, 0) is 0 Å². The molecule has 0 aliphatic rings. The Morgan fingerprint density at radius 1 is 1.71 bits per heavy atom. The summed E-state index contributed by atoms with van der Waals surface area (Å²) in [6.07, 6.45) is 1.90. The van der Waals surface area contributed by atoms with E-state index >= 15 is 0 Å². The Bertz CT molecular complexity index is 64.1. The summed E-state index contributed by atoms with van der Waals surface area (Å²) in [7, 11) is 0. The van der Waals surface area contributed by atoms with E-state index in [1.807, 2.05) is 0 Å². The molecule has 0 atom stereocenters. The summed E-state index contributed by atoms with van der Waals surface area (Å²) in [5.41, 5.74) is 4.91. The van der Waals surface area contributed by atoms with Crippen LogP contribution in [0.5, 0.6) is 0 Å². The Hall–Kier alpha value is -0.920. The summed E-state index contributed by atoms with van der Waals surface area (Å²) < 4.78 is 0. The van der Waals surface area contributed by atoms with Gasteiger partial charge in [0.15, 0.2) is 0 Å². The molecule has 3 heteroatoms. The van der Waals surface area contributed by atoms with Gasteiger partial charge in [-0.1, -0.05) is 6.08 Å². The molecule has 0 bridgehead atoms. The van der Waals surface area contributed by atoms with Crippen LogP contribution in [0.4, 0.5) is 0 Å². The van der Waals surface area contributed by atoms with Crippen molar-refractivity contribution in [1.29, 1.82) is 0 Å². The van der Waals surface area contributed by atoms with E-state index in [1.165, 1.54) is 0 Å². The quantitative estimate of drug-likeness (QED) is 0.455. The van der Waals surface area contributed by atoms with Gasteiger partial charge >= 0.3 is 6.15 Å². The second kappa shape index (κ2) is 19.5. The molecule has 0 radical (unpaired) electrons. The first kappa shape index (κ1) is 9.43. The largest absolute Gasteiger partial charge is 0.373 e. The second-order valence-corrected chi connectivity index (χ2v) is 0.608. The molecule has 40 valence electrons. The first-order chi connectivity index (χ1) is 3.33. The normalized spacial score (nSPS) is 4.71.